The predicted octanol–water partition coefficient (Wildman–Crippen LogP) is 6.16. The van der Waals surface area contributed by atoms with Crippen LogP contribution in [0.25, 0.3) is 0 Å². The summed E-state index contributed by atoms with van der Waals surface area (Å²) >= 11 is 0. The van der Waals surface area contributed by atoms with E-state index < -0.39 is 28.5 Å². The van der Waals surface area contributed by atoms with E-state index in [-0.39, 0.29) is 30.0 Å². The third kappa shape index (κ3) is 5.93. The molecule has 2 N–H and O–H groups in total. The van der Waals surface area contributed by atoms with Crippen LogP contribution in [0.2, 0.25) is 0 Å². The molecule has 3 aromatic carbocycles. The number of piperidine rings is 1. The molecule has 0 aromatic heterocycles. The Balaban J connectivity index is 1.36. The molecule has 42 heavy (non-hydrogen) atoms. The lowest BCUT2D eigenvalue weighted by Crippen LogP contribution is -2.66. The van der Waals surface area contributed by atoms with E-state index in [2.05, 4.69) is 10.6 Å². The molecular weight excluding hydrogens is 550 g/mol. The highest BCUT2D eigenvalue weighted by Gasteiger charge is 2.49. The first-order valence-corrected chi connectivity index (χ1v) is 13.9. The SMILES string of the molecule is CC(C)(C(=O)N1CCC2(CC1)NC(=O)NC[C@H]2c1ccc(F)cc1OCc1ccccc1)c1cccc(C(F)(F)F)c1. The average Bonchev–Trinajstić information content (AvgIpc) is 2.97. The van der Waals surface area contributed by atoms with Gasteiger partial charge < -0.3 is 20.3 Å². The van der Waals surface area contributed by atoms with Gasteiger partial charge in [0.05, 0.1) is 16.5 Å². The molecule has 0 radical (unpaired) electrons. The molecule has 0 aliphatic carbocycles. The summed E-state index contributed by atoms with van der Waals surface area (Å²) in [6.45, 7) is 4.36. The maximum atomic E-state index is 14.3. The molecule has 2 fully saturated rings. The molecule has 2 aliphatic rings. The molecule has 0 bridgehead atoms. The van der Waals surface area contributed by atoms with Gasteiger partial charge in [-0.2, -0.15) is 13.2 Å². The van der Waals surface area contributed by atoms with Crippen molar-refractivity contribution >= 4 is 11.9 Å². The van der Waals surface area contributed by atoms with Crippen molar-refractivity contribution in [2.75, 3.05) is 19.6 Å². The molecule has 222 valence electrons. The molecule has 2 saturated heterocycles. The number of hydrogen-bond acceptors (Lipinski definition) is 3. The molecule has 0 saturated carbocycles. The molecule has 0 unspecified atom stereocenters. The van der Waals surface area contributed by atoms with Crippen molar-refractivity contribution in [2.45, 2.75) is 56.3 Å². The minimum Gasteiger partial charge on any atom is -0.489 e. The zero-order chi connectivity index (χ0) is 30.1. The fraction of sp³-hybridized carbons (Fsp3) is 0.375. The third-order valence-corrected chi connectivity index (χ3v) is 8.47. The number of carbonyl (C=O) groups excluding carboxylic acids is 2. The van der Waals surface area contributed by atoms with Gasteiger partial charge in [0.1, 0.15) is 18.2 Å². The summed E-state index contributed by atoms with van der Waals surface area (Å²) < 4.78 is 60.5. The van der Waals surface area contributed by atoms with Crippen molar-refractivity contribution in [1.82, 2.24) is 15.5 Å². The second-order valence-corrected chi connectivity index (χ2v) is 11.5. The van der Waals surface area contributed by atoms with E-state index in [0.717, 1.165) is 23.3 Å². The summed E-state index contributed by atoms with van der Waals surface area (Å²) in [7, 11) is 0. The molecular formula is C32H33F4N3O3. The third-order valence-electron chi connectivity index (χ3n) is 8.47. The Bertz CT molecular complexity index is 1450. The van der Waals surface area contributed by atoms with Crippen LogP contribution in [-0.2, 0) is 23.0 Å². The first-order valence-electron chi connectivity index (χ1n) is 13.9. The Labute approximate surface area is 242 Å². The maximum Gasteiger partial charge on any atom is 0.416 e. The number of nitrogens with zero attached hydrogens (tertiary/aromatic N) is 1. The van der Waals surface area contributed by atoms with Crippen LogP contribution in [0.15, 0.2) is 72.8 Å². The van der Waals surface area contributed by atoms with Crippen LogP contribution in [0.1, 0.15) is 54.9 Å². The van der Waals surface area contributed by atoms with E-state index in [1.165, 1.54) is 24.3 Å². The summed E-state index contributed by atoms with van der Waals surface area (Å²) in [6.07, 6.45) is -3.70. The van der Waals surface area contributed by atoms with Crippen LogP contribution in [0.3, 0.4) is 0 Å². The Morgan fingerprint density at radius 1 is 0.976 bits per heavy atom. The standard InChI is InChI=1S/C32H33F4N3O3/c1-30(2,22-9-6-10-23(17-22)32(34,35)36)28(40)39-15-13-31(14-16-39)26(19-37-29(41)38-31)25-12-11-24(33)18-27(25)42-20-21-7-4-3-5-8-21/h3-12,17-18,26H,13-16,19-20H2,1-2H3,(H2,37,38,41)/t26-/m0/s1. The molecule has 5 rings (SSSR count). The molecule has 1 spiro atoms. The number of hydrogen-bond donors (Lipinski definition) is 2. The van der Waals surface area contributed by atoms with E-state index in [0.29, 0.717) is 38.2 Å². The zero-order valence-corrected chi connectivity index (χ0v) is 23.4. The van der Waals surface area contributed by atoms with Gasteiger partial charge in [-0.05, 0) is 49.9 Å². The van der Waals surface area contributed by atoms with E-state index >= 15 is 0 Å². The molecule has 10 heteroatoms. The van der Waals surface area contributed by atoms with Crippen molar-refractivity contribution in [3.8, 4) is 5.75 Å². The van der Waals surface area contributed by atoms with Crippen molar-refractivity contribution in [3.05, 3.63) is 101 Å². The Kier molecular flexibility index (Phi) is 7.92. The Morgan fingerprint density at radius 2 is 1.67 bits per heavy atom. The fourth-order valence-electron chi connectivity index (χ4n) is 6.00. The van der Waals surface area contributed by atoms with Crippen LogP contribution in [-0.4, -0.2) is 42.0 Å². The number of carbonyl (C=O) groups is 2. The van der Waals surface area contributed by atoms with E-state index in [4.69, 9.17) is 4.74 Å². The molecule has 6 nitrogen and oxygen atoms in total. The van der Waals surface area contributed by atoms with Crippen LogP contribution in [0, 0.1) is 5.82 Å². The van der Waals surface area contributed by atoms with E-state index in [9.17, 15) is 27.2 Å². The lowest BCUT2D eigenvalue weighted by atomic mass is 9.71. The van der Waals surface area contributed by atoms with Crippen molar-refractivity contribution in [1.29, 1.82) is 0 Å². The minimum absolute atomic E-state index is 0.240. The Morgan fingerprint density at radius 3 is 2.36 bits per heavy atom. The lowest BCUT2D eigenvalue weighted by molar-refractivity contribution is -0.140. The summed E-state index contributed by atoms with van der Waals surface area (Å²) in [5.74, 6) is -0.635. The maximum absolute atomic E-state index is 14.3. The normalized spacial score (nSPS) is 18.8. The highest BCUT2D eigenvalue weighted by molar-refractivity contribution is 5.87. The Hall–Kier alpha value is -4.08. The van der Waals surface area contributed by atoms with Crippen LogP contribution < -0.4 is 15.4 Å². The number of nitrogens with one attached hydrogen (secondary N) is 2. The van der Waals surface area contributed by atoms with E-state index in [1.807, 2.05) is 30.3 Å². The molecule has 3 aromatic rings. The molecule has 2 heterocycles. The number of halogens is 4. The first kappa shape index (κ1) is 29.4. The van der Waals surface area contributed by atoms with Gasteiger partial charge in [0.25, 0.3) is 0 Å². The second-order valence-electron chi connectivity index (χ2n) is 11.5. The number of likely N-dealkylation sites (tertiary alicyclic amines) is 1. The topological polar surface area (TPSA) is 70.7 Å². The fourth-order valence-corrected chi connectivity index (χ4v) is 6.00. The number of rotatable bonds is 6. The largest absolute Gasteiger partial charge is 0.489 e. The number of urea groups is 1. The number of amides is 3. The smallest absolute Gasteiger partial charge is 0.416 e. The highest BCUT2D eigenvalue weighted by Crippen LogP contribution is 2.43. The van der Waals surface area contributed by atoms with Gasteiger partial charge in [0.2, 0.25) is 5.91 Å². The van der Waals surface area contributed by atoms with Gasteiger partial charge in [0.15, 0.2) is 0 Å². The molecule has 2 aliphatic heterocycles. The average molecular weight is 584 g/mol. The van der Waals surface area contributed by atoms with Gasteiger partial charge in [-0.25, -0.2) is 9.18 Å². The van der Waals surface area contributed by atoms with Gasteiger partial charge in [-0.3, -0.25) is 4.79 Å². The summed E-state index contributed by atoms with van der Waals surface area (Å²) in [5, 5.41) is 5.93. The van der Waals surface area contributed by atoms with Crippen molar-refractivity contribution < 1.29 is 31.9 Å². The van der Waals surface area contributed by atoms with Crippen LogP contribution >= 0.6 is 0 Å². The van der Waals surface area contributed by atoms with Crippen molar-refractivity contribution in [2.24, 2.45) is 0 Å². The van der Waals surface area contributed by atoms with E-state index in [1.54, 1.807) is 24.8 Å². The van der Waals surface area contributed by atoms with Gasteiger partial charge in [-0.15, -0.1) is 0 Å². The van der Waals surface area contributed by atoms with Gasteiger partial charge in [-0.1, -0.05) is 54.6 Å². The summed E-state index contributed by atoms with van der Waals surface area (Å²) in [4.78, 5) is 27.9. The highest BCUT2D eigenvalue weighted by atomic mass is 19.4. The minimum atomic E-state index is -4.51. The number of benzene rings is 3. The number of alkyl halides is 3. The second kappa shape index (κ2) is 11.3. The monoisotopic (exact) mass is 583 g/mol. The lowest BCUT2D eigenvalue weighted by Gasteiger charge is -2.50. The quantitative estimate of drug-likeness (QED) is 0.342. The molecule has 1 atom stereocenters. The van der Waals surface area contributed by atoms with Crippen LogP contribution in [0.5, 0.6) is 5.75 Å². The summed E-state index contributed by atoms with van der Waals surface area (Å²) in [6, 6.07) is 18.4. The van der Waals surface area contributed by atoms with Gasteiger partial charge in [0, 0.05) is 37.2 Å². The number of ether oxygens (including phenoxy) is 1. The molecule has 3 amide bonds. The zero-order valence-electron chi connectivity index (χ0n) is 23.4. The summed E-state index contributed by atoms with van der Waals surface area (Å²) in [5.41, 5.74) is -0.790. The predicted molar refractivity (Wildman–Crippen MR) is 149 cm³/mol. The van der Waals surface area contributed by atoms with Crippen LogP contribution in [0.4, 0.5) is 22.4 Å². The van der Waals surface area contributed by atoms with Gasteiger partial charge >= 0.3 is 12.2 Å². The van der Waals surface area contributed by atoms with Crippen molar-refractivity contribution in [3.63, 3.8) is 0 Å². The first-order chi connectivity index (χ1) is 19.9.